The molecule has 0 spiro atoms. The number of aryl methyl sites for hydroxylation is 1. The first-order valence-electron chi connectivity index (χ1n) is 7.09. The van der Waals surface area contributed by atoms with Crippen LogP contribution < -0.4 is 5.32 Å². The number of aromatic nitrogens is 2. The van der Waals surface area contributed by atoms with E-state index >= 15 is 0 Å². The molecule has 0 radical (unpaired) electrons. The van der Waals surface area contributed by atoms with Gasteiger partial charge in [-0.25, -0.2) is 4.98 Å². The van der Waals surface area contributed by atoms with Crippen molar-refractivity contribution >= 4 is 0 Å². The number of nitrogens with zero attached hydrogens (tertiary/aromatic N) is 2. The Morgan fingerprint density at radius 3 is 2.78 bits per heavy atom. The van der Waals surface area contributed by atoms with E-state index in [4.69, 9.17) is 9.72 Å². The summed E-state index contributed by atoms with van der Waals surface area (Å²) >= 11 is 0. The first kappa shape index (κ1) is 15.2. The molecule has 1 N–H and O–H groups in total. The van der Waals surface area contributed by atoms with E-state index in [1.807, 2.05) is 6.92 Å². The Balaban J connectivity index is 2.64. The quantitative estimate of drug-likeness (QED) is 0.687. The van der Waals surface area contributed by atoms with Gasteiger partial charge in [-0.05, 0) is 26.8 Å². The minimum absolute atomic E-state index is 0.323. The van der Waals surface area contributed by atoms with Gasteiger partial charge < -0.3 is 14.6 Å². The molecule has 4 heteroatoms. The van der Waals surface area contributed by atoms with Gasteiger partial charge in [0.05, 0.1) is 12.3 Å². The summed E-state index contributed by atoms with van der Waals surface area (Å²) in [6, 6.07) is 0.323. The molecule has 1 aromatic rings. The Bertz CT molecular complexity index is 336. The monoisotopic (exact) mass is 253 g/mol. The summed E-state index contributed by atoms with van der Waals surface area (Å²) in [5.74, 6) is 1.15. The molecule has 0 aromatic carbocycles. The van der Waals surface area contributed by atoms with Gasteiger partial charge in [0.15, 0.2) is 0 Å². The van der Waals surface area contributed by atoms with E-state index in [2.05, 4.69) is 36.9 Å². The van der Waals surface area contributed by atoms with Crippen molar-refractivity contribution in [3.05, 3.63) is 17.7 Å². The Hall–Kier alpha value is -0.870. The summed E-state index contributed by atoms with van der Waals surface area (Å²) in [7, 11) is 0. The topological polar surface area (TPSA) is 39.1 Å². The molecular formula is C14H27N3O. The molecule has 0 aliphatic carbocycles. The molecule has 1 aromatic heterocycles. The number of imidazole rings is 1. The van der Waals surface area contributed by atoms with Crippen LogP contribution in [0.15, 0.2) is 6.20 Å². The van der Waals surface area contributed by atoms with Gasteiger partial charge in [0, 0.05) is 31.8 Å². The van der Waals surface area contributed by atoms with Gasteiger partial charge >= 0.3 is 0 Å². The van der Waals surface area contributed by atoms with Crippen LogP contribution in [0.2, 0.25) is 0 Å². The summed E-state index contributed by atoms with van der Waals surface area (Å²) in [6.45, 7) is 12.0. The van der Waals surface area contributed by atoms with Crippen LogP contribution in [0.25, 0.3) is 0 Å². The maximum atomic E-state index is 5.41. The van der Waals surface area contributed by atoms with Gasteiger partial charge in [0.1, 0.15) is 5.82 Å². The molecule has 18 heavy (non-hydrogen) atoms. The Morgan fingerprint density at radius 2 is 2.17 bits per heavy atom. The number of rotatable bonds is 9. The van der Waals surface area contributed by atoms with Crippen LogP contribution in [0.5, 0.6) is 0 Å². The summed E-state index contributed by atoms with van der Waals surface area (Å²) in [4.78, 5) is 4.71. The second-order valence-corrected chi connectivity index (χ2v) is 4.50. The number of hydrogen-bond acceptors (Lipinski definition) is 3. The molecular weight excluding hydrogens is 226 g/mol. The molecule has 0 aliphatic heterocycles. The highest BCUT2D eigenvalue weighted by atomic mass is 16.5. The average molecular weight is 253 g/mol. The zero-order valence-corrected chi connectivity index (χ0v) is 12.2. The molecule has 0 saturated carbocycles. The predicted octanol–water partition coefficient (Wildman–Crippen LogP) is 2.54. The fourth-order valence-electron chi connectivity index (χ4n) is 1.93. The van der Waals surface area contributed by atoms with E-state index in [9.17, 15) is 0 Å². The lowest BCUT2D eigenvalue weighted by Gasteiger charge is -2.09. The van der Waals surface area contributed by atoms with Crippen molar-refractivity contribution in [2.24, 2.45) is 0 Å². The minimum atomic E-state index is 0.323. The Labute approximate surface area is 111 Å². The number of hydrogen-bond donors (Lipinski definition) is 1. The molecule has 0 aliphatic rings. The van der Waals surface area contributed by atoms with Crippen LogP contribution in [-0.4, -0.2) is 29.3 Å². The van der Waals surface area contributed by atoms with Crippen molar-refractivity contribution in [3.8, 4) is 0 Å². The van der Waals surface area contributed by atoms with Crippen LogP contribution in [-0.2, 0) is 17.7 Å². The van der Waals surface area contributed by atoms with E-state index in [-0.39, 0.29) is 0 Å². The highest BCUT2D eigenvalue weighted by molar-refractivity contribution is 5.08. The van der Waals surface area contributed by atoms with Gasteiger partial charge in [0.2, 0.25) is 0 Å². The van der Waals surface area contributed by atoms with E-state index in [0.717, 1.165) is 50.7 Å². The second kappa shape index (κ2) is 8.27. The van der Waals surface area contributed by atoms with Crippen molar-refractivity contribution in [2.75, 3.05) is 19.8 Å². The molecule has 1 atom stereocenters. The maximum absolute atomic E-state index is 5.41. The summed E-state index contributed by atoms with van der Waals surface area (Å²) in [6.07, 6.45) is 4.27. The van der Waals surface area contributed by atoms with E-state index in [1.54, 1.807) is 0 Å². The minimum Gasteiger partial charge on any atom is -0.380 e. The van der Waals surface area contributed by atoms with E-state index in [0.29, 0.717) is 6.04 Å². The highest BCUT2D eigenvalue weighted by Crippen LogP contribution is 2.13. The van der Waals surface area contributed by atoms with Crippen molar-refractivity contribution < 1.29 is 4.74 Å². The first-order valence-corrected chi connectivity index (χ1v) is 7.09. The summed E-state index contributed by atoms with van der Waals surface area (Å²) in [5, 5.41) is 3.47. The smallest absolute Gasteiger partial charge is 0.108 e. The Morgan fingerprint density at radius 1 is 1.39 bits per heavy atom. The van der Waals surface area contributed by atoms with Gasteiger partial charge in [0.25, 0.3) is 0 Å². The maximum Gasteiger partial charge on any atom is 0.108 e. The van der Waals surface area contributed by atoms with Crippen LogP contribution in [0.1, 0.15) is 51.7 Å². The zero-order valence-electron chi connectivity index (χ0n) is 12.2. The van der Waals surface area contributed by atoms with Crippen molar-refractivity contribution in [2.45, 2.75) is 53.1 Å². The molecule has 1 unspecified atom stereocenters. The van der Waals surface area contributed by atoms with E-state index in [1.165, 1.54) is 0 Å². The summed E-state index contributed by atoms with van der Waals surface area (Å²) < 4.78 is 7.62. The molecule has 1 heterocycles. The first-order chi connectivity index (χ1) is 8.72. The lowest BCUT2D eigenvalue weighted by Crippen LogP contribution is -2.19. The third kappa shape index (κ3) is 4.42. The third-order valence-electron chi connectivity index (χ3n) is 3.02. The van der Waals surface area contributed by atoms with Crippen LogP contribution >= 0.6 is 0 Å². The predicted molar refractivity (Wildman–Crippen MR) is 74.8 cm³/mol. The van der Waals surface area contributed by atoms with Gasteiger partial charge in [-0.1, -0.05) is 13.8 Å². The van der Waals surface area contributed by atoms with Crippen molar-refractivity contribution in [1.82, 2.24) is 14.9 Å². The van der Waals surface area contributed by atoms with Gasteiger partial charge in [-0.3, -0.25) is 0 Å². The standard InChI is InChI=1S/C14H27N3O/c1-5-8-15-12(4)13-11-17(9-10-18-7-3)14(6-2)16-13/h11-12,15H,5-10H2,1-4H3. The molecule has 0 fully saturated rings. The highest BCUT2D eigenvalue weighted by Gasteiger charge is 2.11. The largest absolute Gasteiger partial charge is 0.380 e. The molecule has 1 rings (SSSR count). The molecule has 0 saturated heterocycles. The summed E-state index contributed by atoms with van der Waals surface area (Å²) in [5.41, 5.74) is 1.14. The molecule has 104 valence electrons. The lowest BCUT2D eigenvalue weighted by molar-refractivity contribution is 0.138. The number of nitrogens with one attached hydrogen (secondary N) is 1. The van der Waals surface area contributed by atoms with Gasteiger partial charge in [-0.2, -0.15) is 0 Å². The second-order valence-electron chi connectivity index (χ2n) is 4.50. The van der Waals surface area contributed by atoms with Gasteiger partial charge in [-0.15, -0.1) is 0 Å². The fourth-order valence-corrected chi connectivity index (χ4v) is 1.93. The fraction of sp³-hybridized carbons (Fsp3) is 0.786. The van der Waals surface area contributed by atoms with Crippen LogP contribution in [0.4, 0.5) is 0 Å². The molecule has 4 nitrogen and oxygen atoms in total. The van der Waals surface area contributed by atoms with Crippen LogP contribution in [0, 0.1) is 0 Å². The normalized spacial score (nSPS) is 12.9. The molecule has 0 bridgehead atoms. The lowest BCUT2D eigenvalue weighted by atomic mass is 10.2. The Kier molecular flexibility index (Phi) is 6.98. The van der Waals surface area contributed by atoms with E-state index < -0.39 is 0 Å². The molecule has 0 amide bonds. The zero-order chi connectivity index (χ0) is 13.4. The average Bonchev–Trinajstić information content (AvgIpc) is 2.79. The number of ether oxygens (including phenoxy) is 1. The van der Waals surface area contributed by atoms with Crippen LogP contribution in [0.3, 0.4) is 0 Å². The third-order valence-corrected chi connectivity index (χ3v) is 3.02. The van der Waals surface area contributed by atoms with Crippen molar-refractivity contribution in [1.29, 1.82) is 0 Å². The van der Waals surface area contributed by atoms with Crippen molar-refractivity contribution in [3.63, 3.8) is 0 Å². The SMILES string of the molecule is CCCNC(C)c1cn(CCOCC)c(CC)n1.